The molecule has 7 nitrogen and oxygen atoms in total. The van der Waals surface area contributed by atoms with Crippen molar-refractivity contribution in [2.24, 2.45) is 0 Å². The third-order valence-corrected chi connectivity index (χ3v) is 4.46. The van der Waals surface area contributed by atoms with Crippen LogP contribution in [0.5, 0.6) is 11.5 Å². The monoisotopic (exact) mass is 522 g/mol. The molecule has 3 aromatic rings. The van der Waals surface area contributed by atoms with Gasteiger partial charge in [0.05, 0.1) is 17.3 Å². The number of nitrogens with one attached hydrogen (secondary N) is 2. The lowest BCUT2D eigenvalue weighted by molar-refractivity contribution is -0.275. The van der Waals surface area contributed by atoms with E-state index < -0.39 is 30.3 Å². The first-order valence-corrected chi connectivity index (χ1v) is 10.1. The Bertz CT molecular complexity index is 1180. The van der Waals surface area contributed by atoms with E-state index in [1.165, 1.54) is 30.3 Å². The number of anilines is 3. The summed E-state index contributed by atoms with van der Waals surface area (Å²) in [7, 11) is 0. The molecule has 2 aromatic carbocycles. The van der Waals surface area contributed by atoms with Crippen molar-refractivity contribution in [3.63, 3.8) is 0 Å². The lowest BCUT2D eigenvalue weighted by Crippen LogP contribution is -2.21. The molecule has 0 aliphatic carbocycles. The summed E-state index contributed by atoms with van der Waals surface area (Å²) in [6, 6.07) is 9.45. The molecule has 0 saturated heterocycles. The van der Waals surface area contributed by atoms with Gasteiger partial charge >= 0.3 is 12.7 Å². The number of aliphatic hydroxyl groups excluding tert-OH is 1. The molecule has 0 spiro atoms. The lowest BCUT2D eigenvalue weighted by atomic mass is 10.1. The number of halogens is 7. The van der Waals surface area contributed by atoms with Crippen LogP contribution in [-0.2, 0) is 0 Å². The maximum Gasteiger partial charge on any atom is 0.573 e. The van der Waals surface area contributed by atoms with Crippen molar-refractivity contribution < 1.29 is 40.9 Å². The number of aliphatic hydroxyl groups is 1. The third-order valence-electron chi connectivity index (χ3n) is 4.17. The highest BCUT2D eigenvalue weighted by molar-refractivity contribution is 6.32. The minimum absolute atomic E-state index is 0.0248. The van der Waals surface area contributed by atoms with Crippen molar-refractivity contribution in [2.45, 2.75) is 25.7 Å². The van der Waals surface area contributed by atoms with E-state index >= 15 is 0 Å². The average molecular weight is 523 g/mol. The molecule has 0 unspecified atom stereocenters. The molecule has 0 radical (unpaired) electrons. The summed E-state index contributed by atoms with van der Waals surface area (Å²) in [6.45, 7) is 1.38. The van der Waals surface area contributed by atoms with Crippen molar-refractivity contribution >= 4 is 29.1 Å². The highest BCUT2D eigenvalue weighted by Crippen LogP contribution is 2.34. The van der Waals surface area contributed by atoms with E-state index in [1.54, 1.807) is 6.92 Å². The first-order chi connectivity index (χ1) is 16.3. The van der Waals surface area contributed by atoms with Gasteiger partial charge in [0.1, 0.15) is 17.3 Å². The van der Waals surface area contributed by atoms with Gasteiger partial charge in [0.15, 0.2) is 0 Å². The molecule has 1 atom stereocenters. The van der Waals surface area contributed by atoms with Crippen LogP contribution in [0.1, 0.15) is 6.92 Å². The van der Waals surface area contributed by atoms with E-state index in [2.05, 4.69) is 30.1 Å². The summed E-state index contributed by atoms with van der Waals surface area (Å²) in [5.41, 5.74) is 0.680. The van der Waals surface area contributed by atoms with Crippen LogP contribution in [-0.4, -0.2) is 40.4 Å². The summed E-state index contributed by atoms with van der Waals surface area (Å²) >= 11 is 5.87. The van der Waals surface area contributed by atoms with Crippen molar-refractivity contribution in [3.05, 3.63) is 53.6 Å². The molecule has 0 amide bonds. The van der Waals surface area contributed by atoms with Crippen LogP contribution in [0.15, 0.2) is 48.5 Å². The Kier molecular flexibility index (Phi) is 7.80. The topological polar surface area (TPSA) is 88.5 Å². The van der Waals surface area contributed by atoms with Crippen LogP contribution in [0.2, 0.25) is 5.02 Å². The summed E-state index contributed by atoms with van der Waals surface area (Å²) in [5, 5.41) is 14.7. The van der Waals surface area contributed by atoms with E-state index in [9.17, 15) is 31.4 Å². The van der Waals surface area contributed by atoms with Gasteiger partial charge in [-0.2, -0.15) is 4.98 Å². The first kappa shape index (κ1) is 26.2. The number of aromatic nitrogens is 2. The maximum atomic E-state index is 12.6. The highest BCUT2D eigenvalue weighted by atomic mass is 35.5. The van der Waals surface area contributed by atoms with Gasteiger partial charge in [-0.1, -0.05) is 23.7 Å². The largest absolute Gasteiger partial charge is 0.573 e. The van der Waals surface area contributed by atoms with Crippen molar-refractivity contribution in [1.29, 1.82) is 0 Å². The standard InChI is InChI=1S/C21H17ClF6N4O3/c1-11(10-33)29-19-31-16(12-3-2-4-14(7-12)34-20(23,24)25)9-18(32-19)30-13-5-6-17(15(22)8-13)35-21(26,27)28/h2-9,11,33H,10H2,1H3,(H2,29,30,31,32)/t11-/m1/s1. The molecule has 1 aromatic heterocycles. The predicted octanol–water partition coefficient (Wildman–Crippen LogP) is 6.13. The van der Waals surface area contributed by atoms with E-state index in [4.69, 9.17) is 11.6 Å². The molecule has 0 fully saturated rings. The van der Waals surface area contributed by atoms with Crippen molar-refractivity contribution in [1.82, 2.24) is 9.97 Å². The van der Waals surface area contributed by atoms with E-state index in [0.29, 0.717) is 0 Å². The second-order valence-electron chi connectivity index (χ2n) is 7.08. The third kappa shape index (κ3) is 8.07. The Balaban J connectivity index is 1.95. The van der Waals surface area contributed by atoms with Gasteiger partial charge in [0, 0.05) is 23.4 Å². The van der Waals surface area contributed by atoms with Gasteiger partial charge < -0.3 is 25.2 Å². The van der Waals surface area contributed by atoms with Crippen LogP contribution in [0.25, 0.3) is 11.3 Å². The predicted molar refractivity (Wildman–Crippen MR) is 116 cm³/mol. The maximum absolute atomic E-state index is 12.6. The number of hydrogen-bond acceptors (Lipinski definition) is 7. The molecular weight excluding hydrogens is 506 g/mol. The fourth-order valence-electron chi connectivity index (χ4n) is 2.78. The summed E-state index contributed by atoms with van der Waals surface area (Å²) < 4.78 is 83.0. The second kappa shape index (κ2) is 10.4. The number of rotatable bonds is 8. The Morgan fingerprint density at radius 1 is 0.971 bits per heavy atom. The lowest BCUT2D eigenvalue weighted by Gasteiger charge is -2.15. The van der Waals surface area contributed by atoms with Gasteiger partial charge in [0.2, 0.25) is 5.95 Å². The minimum Gasteiger partial charge on any atom is -0.406 e. The molecule has 35 heavy (non-hydrogen) atoms. The van der Waals surface area contributed by atoms with E-state index in [1.807, 2.05) is 0 Å². The number of nitrogens with zero attached hydrogens (tertiary/aromatic N) is 2. The van der Waals surface area contributed by atoms with Crippen molar-refractivity contribution in [2.75, 3.05) is 17.2 Å². The van der Waals surface area contributed by atoms with Gasteiger partial charge in [-0.3, -0.25) is 0 Å². The van der Waals surface area contributed by atoms with Crippen LogP contribution >= 0.6 is 11.6 Å². The Morgan fingerprint density at radius 3 is 2.31 bits per heavy atom. The molecule has 1 heterocycles. The summed E-state index contributed by atoms with van der Waals surface area (Å²) in [5.74, 6) is -0.913. The molecule has 3 N–H and O–H groups in total. The Morgan fingerprint density at radius 2 is 1.69 bits per heavy atom. The molecule has 3 rings (SSSR count). The summed E-state index contributed by atoms with van der Waals surface area (Å²) in [4.78, 5) is 8.49. The minimum atomic E-state index is -4.92. The average Bonchev–Trinajstić information content (AvgIpc) is 2.73. The Hall–Kier alpha value is -3.45. The van der Waals surface area contributed by atoms with Gasteiger partial charge in [-0.25, -0.2) is 4.98 Å². The quantitative estimate of drug-likeness (QED) is 0.307. The first-order valence-electron chi connectivity index (χ1n) is 9.76. The second-order valence-corrected chi connectivity index (χ2v) is 7.49. The molecule has 14 heteroatoms. The van der Waals surface area contributed by atoms with Gasteiger partial charge in [0.25, 0.3) is 0 Å². The number of benzene rings is 2. The zero-order valence-electron chi connectivity index (χ0n) is 17.7. The van der Waals surface area contributed by atoms with Crippen molar-refractivity contribution in [3.8, 4) is 22.8 Å². The zero-order valence-corrected chi connectivity index (χ0v) is 18.5. The normalized spacial score (nSPS) is 12.7. The SMILES string of the molecule is C[C@H](CO)Nc1nc(Nc2ccc(OC(F)(F)F)c(Cl)c2)cc(-c2cccc(OC(F)(F)F)c2)n1. The molecule has 188 valence electrons. The van der Waals surface area contributed by atoms with Crippen LogP contribution in [0.3, 0.4) is 0 Å². The van der Waals surface area contributed by atoms with Gasteiger partial charge in [-0.15, -0.1) is 26.3 Å². The smallest absolute Gasteiger partial charge is 0.406 e. The summed E-state index contributed by atoms with van der Waals surface area (Å²) in [6.07, 6.45) is -9.81. The van der Waals surface area contributed by atoms with Crippen LogP contribution in [0.4, 0.5) is 43.8 Å². The molecular formula is C21H17ClF6N4O3. The molecule has 0 bridgehead atoms. The molecule has 0 aliphatic heterocycles. The number of ether oxygens (including phenoxy) is 2. The van der Waals surface area contributed by atoms with Gasteiger partial charge in [-0.05, 0) is 37.3 Å². The van der Waals surface area contributed by atoms with Crippen LogP contribution < -0.4 is 20.1 Å². The Labute approximate surface area is 199 Å². The fraction of sp³-hybridized carbons (Fsp3) is 0.238. The van der Waals surface area contributed by atoms with Crippen LogP contribution in [0, 0.1) is 0 Å². The fourth-order valence-corrected chi connectivity index (χ4v) is 3.00. The van der Waals surface area contributed by atoms with E-state index in [0.717, 1.165) is 18.2 Å². The number of hydrogen-bond donors (Lipinski definition) is 3. The number of alkyl halides is 6. The highest BCUT2D eigenvalue weighted by Gasteiger charge is 2.32. The zero-order chi connectivity index (χ0) is 25.8. The molecule has 0 saturated carbocycles. The molecule has 0 aliphatic rings. The van der Waals surface area contributed by atoms with E-state index in [-0.39, 0.29) is 40.3 Å².